The summed E-state index contributed by atoms with van der Waals surface area (Å²) in [5.74, 6) is 2.77. The van der Waals surface area contributed by atoms with Crippen LogP contribution in [0.2, 0.25) is 0 Å². The van der Waals surface area contributed by atoms with Gasteiger partial charge in [-0.15, -0.1) is 0 Å². The van der Waals surface area contributed by atoms with Gasteiger partial charge in [0.2, 0.25) is 0 Å². The van der Waals surface area contributed by atoms with E-state index in [0.29, 0.717) is 6.04 Å². The molecule has 1 unspecified atom stereocenters. The largest absolute Gasteiger partial charge is 0.497 e. The molecule has 2 aromatic rings. The van der Waals surface area contributed by atoms with Crippen LogP contribution in [0.5, 0.6) is 5.75 Å². The Morgan fingerprint density at radius 2 is 1.92 bits per heavy atom. The third kappa shape index (κ3) is 4.80. The van der Waals surface area contributed by atoms with Crippen molar-refractivity contribution in [3.05, 3.63) is 41.5 Å². The molecule has 0 radical (unpaired) electrons. The molecule has 1 aromatic carbocycles. The first kappa shape index (κ1) is 17.9. The van der Waals surface area contributed by atoms with Crippen LogP contribution in [0.3, 0.4) is 0 Å². The van der Waals surface area contributed by atoms with Gasteiger partial charge in [-0.1, -0.05) is 12.1 Å². The van der Waals surface area contributed by atoms with E-state index in [0.717, 1.165) is 63.1 Å². The maximum atomic E-state index is 5.44. The summed E-state index contributed by atoms with van der Waals surface area (Å²) in [7, 11) is 1.68. The Morgan fingerprint density at radius 1 is 1.20 bits per heavy atom. The molecule has 136 valence electrons. The smallest absolute Gasteiger partial charge is 0.147 e. The molecule has 1 atom stereocenters. The fraction of sp³-hybridized carbons (Fsp3) is 0.579. The third-order valence-electron chi connectivity index (χ3n) is 4.80. The van der Waals surface area contributed by atoms with E-state index in [1.165, 1.54) is 5.56 Å². The average Bonchev–Trinajstić information content (AvgIpc) is 3.00. The van der Waals surface area contributed by atoms with Crippen molar-refractivity contribution in [2.75, 3.05) is 33.4 Å². The third-order valence-corrected chi connectivity index (χ3v) is 4.80. The van der Waals surface area contributed by atoms with E-state index >= 15 is 0 Å². The number of hydrogen-bond donors (Lipinski definition) is 0. The molecule has 25 heavy (non-hydrogen) atoms. The van der Waals surface area contributed by atoms with Gasteiger partial charge in [-0.25, -0.2) is 9.67 Å². The minimum atomic E-state index is 0.537. The minimum Gasteiger partial charge on any atom is -0.497 e. The number of aryl methyl sites for hydroxylation is 2. The topological polar surface area (TPSA) is 52.4 Å². The predicted molar refractivity (Wildman–Crippen MR) is 97.0 cm³/mol. The van der Waals surface area contributed by atoms with Crippen LogP contribution in [-0.4, -0.2) is 59.1 Å². The van der Waals surface area contributed by atoms with Crippen molar-refractivity contribution < 1.29 is 9.47 Å². The fourth-order valence-electron chi connectivity index (χ4n) is 3.25. The van der Waals surface area contributed by atoms with Crippen molar-refractivity contribution in [2.24, 2.45) is 0 Å². The first-order valence-electron chi connectivity index (χ1n) is 9.01. The fourth-order valence-corrected chi connectivity index (χ4v) is 3.25. The van der Waals surface area contributed by atoms with Gasteiger partial charge in [0.05, 0.1) is 26.9 Å². The predicted octanol–water partition coefficient (Wildman–Crippen LogP) is 2.30. The maximum absolute atomic E-state index is 5.44. The Labute approximate surface area is 149 Å². The van der Waals surface area contributed by atoms with Crippen molar-refractivity contribution >= 4 is 0 Å². The van der Waals surface area contributed by atoms with Crippen LogP contribution in [0.1, 0.15) is 30.6 Å². The average molecular weight is 344 g/mol. The Kier molecular flexibility index (Phi) is 6.04. The van der Waals surface area contributed by atoms with Crippen molar-refractivity contribution in [2.45, 2.75) is 39.3 Å². The second-order valence-corrected chi connectivity index (χ2v) is 6.62. The molecule has 1 fully saturated rings. The van der Waals surface area contributed by atoms with Gasteiger partial charge in [0.15, 0.2) is 0 Å². The second-order valence-electron chi connectivity index (χ2n) is 6.62. The summed E-state index contributed by atoms with van der Waals surface area (Å²) in [6, 6.07) is 8.67. The lowest BCUT2D eigenvalue weighted by atomic mass is 10.1. The number of rotatable bonds is 7. The molecule has 1 saturated heterocycles. The zero-order chi connectivity index (χ0) is 17.6. The molecule has 6 heteroatoms. The Bertz CT molecular complexity index is 663. The monoisotopic (exact) mass is 344 g/mol. The van der Waals surface area contributed by atoms with E-state index in [9.17, 15) is 0 Å². The first-order valence-corrected chi connectivity index (χ1v) is 9.01. The summed E-state index contributed by atoms with van der Waals surface area (Å²) in [5, 5.41) is 4.58. The van der Waals surface area contributed by atoms with E-state index in [2.05, 4.69) is 34.0 Å². The van der Waals surface area contributed by atoms with Gasteiger partial charge in [0.1, 0.15) is 17.4 Å². The Morgan fingerprint density at radius 3 is 2.60 bits per heavy atom. The van der Waals surface area contributed by atoms with Gasteiger partial charge >= 0.3 is 0 Å². The highest BCUT2D eigenvalue weighted by Gasteiger charge is 2.18. The van der Waals surface area contributed by atoms with E-state index in [1.807, 2.05) is 23.7 Å². The van der Waals surface area contributed by atoms with Gasteiger partial charge in [0.25, 0.3) is 0 Å². The quantitative estimate of drug-likeness (QED) is 0.771. The highest BCUT2D eigenvalue weighted by atomic mass is 16.5. The van der Waals surface area contributed by atoms with Crippen LogP contribution in [-0.2, 0) is 17.7 Å². The van der Waals surface area contributed by atoms with E-state index < -0.39 is 0 Å². The summed E-state index contributed by atoms with van der Waals surface area (Å²) >= 11 is 0. The summed E-state index contributed by atoms with van der Waals surface area (Å²) < 4.78 is 12.7. The van der Waals surface area contributed by atoms with Gasteiger partial charge in [-0.2, -0.15) is 5.10 Å². The molecule has 0 bridgehead atoms. The lowest BCUT2D eigenvalue weighted by molar-refractivity contribution is 0.0186. The molecule has 0 saturated carbocycles. The lowest BCUT2D eigenvalue weighted by Gasteiger charge is -2.32. The van der Waals surface area contributed by atoms with Crippen molar-refractivity contribution in [1.82, 2.24) is 19.7 Å². The molecule has 1 aliphatic heterocycles. The number of nitrogens with zero attached hydrogens (tertiary/aromatic N) is 4. The van der Waals surface area contributed by atoms with Crippen LogP contribution in [0.25, 0.3) is 0 Å². The number of morpholine rings is 1. The SMILES string of the molecule is COc1ccc(Cn2nc(C)nc2CCC(C)N2CCOCC2)cc1. The zero-order valence-electron chi connectivity index (χ0n) is 15.4. The first-order chi connectivity index (χ1) is 12.2. The van der Waals surface area contributed by atoms with E-state index in [-0.39, 0.29) is 0 Å². The minimum absolute atomic E-state index is 0.537. The molecule has 0 N–H and O–H groups in total. The molecule has 2 heterocycles. The standard InChI is InChI=1S/C19H28N4O2/c1-15(22-10-12-25-13-11-22)4-9-19-20-16(2)21-23(19)14-17-5-7-18(24-3)8-6-17/h5-8,15H,4,9-14H2,1-3H3. The second kappa shape index (κ2) is 8.45. The molecule has 0 spiro atoms. The van der Waals surface area contributed by atoms with Crippen LogP contribution in [0, 0.1) is 6.92 Å². The lowest BCUT2D eigenvalue weighted by Crippen LogP contribution is -2.42. The van der Waals surface area contributed by atoms with E-state index in [4.69, 9.17) is 9.47 Å². The summed E-state index contributed by atoms with van der Waals surface area (Å²) in [4.78, 5) is 7.14. The summed E-state index contributed by atoms with van der Waals surface area (Å²) in [6.07, 6.45) is 2.02. The highest BCUT2D eigenvalue weighted by molar-refractivity contribution is 5.27. The number of hydrogen-bond acceptors (Lipinski definition) is 5. The molecule has 3 rings (SSSR count). The molecule has 0 amide bonds. The maximum Gasteiger partial charge on any atom is 0.147 e. The van der Waals surface area contributed by atoms with Crippen molar-refractivity contribution in [3.63, 3.8) is 0 Å². The van der Waals surface area contributed by atoms with Crippen LogP contribution >= 0.6 is 0 Å². The van der Waals surface area contributed by atoms with Gasteiger partial charge in [-0.05, 0) is 38.0 Å². The Balaban J connectivity index is 1.61. The van der Waals surface area contributed by atoms with Crippen LogP contribution in [0.4, 0.5) is 0 Å². The van der Waals surface area contributed by atoms with Gasteiger partial charge in [0, 0.05) is 25.6 Å². The van der Waals surface area contributed by atoms with Crippen molar-refractivity contribution in [3.8, 4) is 5.75 Å². The molecular formula is C19H28N4O2. The zero-order valence-corrected chi connectivity index (χ0v) is 15.4. The normalized spacial score (nSPS) is 16.8. The molecular weight excluding hydrogens is 316 g/mol. The van der Waals surface area contributed by atoms with Crippen molar-refractivity contribution in [1.29, 1.82) is 0 Å². The molecule has 1 aromatic heterocycles. The summed E-state index contributed by atoms with van der Waals surface area (Å²) in [5.41, 5.74) is 1.20. The summed E-state index contributed by atoms with van der Waals surface area (Å²) in [6.45, 7) is 8.74. The number of ether oxygens (including phenoxy) is 2. The number of aromatic nitrogens is 3. The molecule has 1 aliphatic rings. The van der Waals surface area contributed by atoms with Gasteiger partial charge in [-0.3, -0.25) is 4.90 Å². The molecule has 0 aliphatic carbocycles. The molecule has 6 nitrogen and oxygen atoms in total. The number of methoxy groups -OCH3 is 1. The van der Waals surface area contributed by atoms with Crippen LogP contribution < -0.4 is 4.74 Å². The van der Waals surface area contributed by atoms with Crippen LogP contribution in [0.15, 0.2) is 24.3 Å². The number of benzene rings is 1. The van der Waals surface area contributed by atoms with E-state index in [1.54, 1.807) is 7.11 Å². The van der Waals surface area contributed by atoms with Gasteiger partial charge < -0.3 is 9.47 Å². The Hall–Kier alpha value is -1.92. The highest BCUT2D eigenvalue weighted by Crippen LogP contribution is 2.15.